The third-order valence-corrected chi connectivity index (χ3v) is 4.95. The molecule has 2 aromatic heterocycles. The summed E-state index contributed by atoms with van der Waals surface area (Å²) in [7, 11) is 3.92. The van der Waals surface area contributed by atoms with Crippen LogP contribution in [-0.4, -0.2) is 117 Å². The van der Waals surface area contributed by atoms with E-state index in [0.29, 0.717) is 0 Å². The molecule has 0 aliphatic heterocycles. The number of carboxylic acid groups (broad SMARTS) is 2. The minimum Gasteiger partial charge on any atom is -0.492 e. The van der Waals surface area contributed by atoms with Gasteiger partial charge in [-0.05, 0) is 77.1 Å². The van der Waals surface area contributed by atoms with Gasteiger partial charge in [0.05, 0.1) is 25.6 Å². The SMILES string of the molecule is CNCCCCOc1cccnc1.CNCCCCOc1cccnc1.O=C(O)[C@@H](O)[C@H](O)[C@H](O)[C@@H](O)C(=O)O. The Morgan fingerprint density at radius 3 is 1.38 bits per heavy atom. The van der Waals surface area contributed by atoms with Crippen LogP contribution in [0.1, 0.15) is 25.7 Å². The first-order valence-electron chi connectivity index (χ1n) is 12.7. The van der Waals surface area contributed by atoms with E-state index in [9.17, 15) is 9.59 Å². The number of aliphatic hydroxyl groups excluding tert-OH is 4. The van der Waals surface area contributed by atoms with Gasteiger partial charge in [-0.1, -0.05) is 0 Å². The summed E-state index contributed by atoms with van der Waals surface area (Å²) in [4.78, 5) is 28.1. The van der Waals surface area contributed by atoms with Gasteiger partial charge in [-0.2, -0.15) is 0 Å². The van der Waals surface area contributed by atoms with E-state index in [1.54, 1.807) is 24.8 Å². The number of rotatable bonds is 17. The molecule has 4 atom stereocenters. The Morgan fingerprint density at radius 2 is 1.10 bits per heavy atom. The van der Waals surface area contributed by atoms with Crippen molar-refractivity contribution in [3.05, 3.63) is 49.1 Å². The van der Waals surface area contributed by atoms with Gasteiger partial charge in [0.15, 0.2) is 12.2 Å². The summed E-state index contributed by atoms with van der Waals surface area (Å²) in [6.45, 7) is 3.65. The number of nitrogens with one attached hydrogen (secondary N) is 2. The number of hydrogen-bond acceptors (Lipinski definition) is 12. The molecule has 0 aliphatic rings. The summed E-state index contributed by atoms with van der Waals surface area (Å²) >= 11 is 0. The van der Waals surface area contributed by atoms with Crippen molar-refractivity contribution < 1.29 is 49.7 Å². The lowest BCUT2D eigenvalue weighted by Gasteiger charge is -2.21. The van der Waals surface area contributed by atoms with Gasteiger partial charge >= 0.3 is 11.9 Å². The van der Waals surface area contributed by atoms with Crippen LogP contribution in [-0.2, 0) is 9.59 Å². The number of ether oxygens (including phenoxy) is 2. The largest absolute Gasteiger partial charge is 0.492 e. The Morgan fingerprint density at radius 1 is 0.725 bits per heavy atom. The summed E-state index contributed by atoms with van der Waals surface area (Å²) in [6, 6.07) is 7.60. The molecule has 14 heteroatoms. The first-order chi connectivity index (χ1) is 19.1. The van der Waals surface area contributed by atoms with Crippen LogP contribution < -0.4 is 20.1 Å². The summed E-state index contributed by atoms with van der Waals surface area (Å²) < 4.78 is 10.9. The summed E-state index contributed by atoms with van der Waals surface area (Å²) in [5.74, 6) is -1.97. The number of nitrogens with zero attached hydrogens (tertiary/aromatic N) is 2. The molecule has 2 aromatic rings. The third-order valence-electron chi connectivity index (χ3n) is 4.95. The monoisotopic (exact) mass is 570 g/mol. The van der Waals surface area contributed by atoms with Gasteiger partial charge in [-0.25, -0.2) is 9.59 Å². The average molecular weight is 571 g/mol. The number of pyridine rings is 2. The first-order valence-corrected chi connectivity index (χ1v) is 12.7. The van der Waals surface area contributed by atoms with Gasteiger partial charge in [0, 0.05) is 12.4 Å². The lowest BCUT2D eigenvalue weighted by molar-refractivity contribution is -0.172. The Hall–Kier alpha value is -3.40. The number of hydrogen-bond donors (Lipinski definition) is 8. The number of carbonyl (C=O) groups is 2. The second-order valence-electron chi connectivity index (χ2n) is 8.24. The number of aliphatic hydroxyl groups is 4. The van der Waals surface area contributed by atoms with E-state index in [1.165, 1.54) is 0 Å². The van der Waals surface area contributed by atoms with Crippen molar-refractivity contribution in [3.63, 3.8) is 0 Å². The second kappa shape index (κ2) is 23.5. The fraction of sp³-hybridized carbons (Fsp3) is 0.538. The zero-order chi connectivity index (χ0) is 30.2. The molecule has 0 aliphatic carbocycles. The molecule has 40 heavy (non-hydrogen) atoms. The lowest BCUT2D eigenvalue weighted by atomic mass is 10.0. The normalized spacial score (nSPS) is 13.2. The molecular formula is C26H42N4O10. The van der Waals surface area contributed by atoms with E-state index in [2.05, 4.69) is 20.6 Å². The fourth-order valence-corrected chi connectivity index (χ4v) is 2.72. The fourth-order valence-electron chi connectivity index (χ4n) is 2.72. The van der Waals surface area contributed by atoms with Crippen LogP contribution >= 0.6 is 0 Å². The van der Waals surface area contributed by atoms with E-state index in [-0.39, 0.29) is 0 Å². The van der Waals surface area contributed by atoms with Crippen molar-refractivity contribution in [1.29, 1.82) is 0 Å². The van der Waals surface area contributed by atoms with Gasteiger partial charge in [0.25, 0.3) is 0 Å². The van der Waals surface area contributed by atoms with Crippen LogP contribution in [0.2, 0.25) is 0 Å². The number of unbranched alkanes of at least 4 members (excludes halogenated alkanes) is 2. The minimum absolute atomic E-state index is 0.771. The maximum absolute atomic E-state index is 10.1. The molecule has 0 saturated carbocycles. The van der Waals surface area contributed by atoms with E-state index < -0.39 is 36.4 Å². The molecule has 0 spiro atoms. The van der Waals surface area contributed by atoms with Crippen molar-refractivity contribution in [2.45, 2.75) is 50.1 Å². The highest BCUT2D eigenvalue weighted by atomic mass is 16.5. The molecule has 0 saturated heterocycles. The number of carboxylic acids is 2. The van der Waals surface area contributed by atoms with Crippen molar-refractivity contribution in [1.82, 2.24) is 20.6 Å². The average Bonchev–Trinajstić information content (AvgIpc) is 2.97. The van der Waals surface area contributed by atoms with Crippen LogP contribution in [0.4, 0.5) is 0 Å². The maximum atomic E-state index is 10.1. The molecule has 2 heterocycles. The zero-order valence-corrected chi connectivity index (χ0v) is 22.8. The van der Waals surface area contributed by atoms with E-state index >= 15 is 0 Å². The minimum atomic E-state index is -2.36. The van der Waals surface area contributed by atoms with Crippen molar-refractivity contribution in [3.8, 4) is 11.5 Å². The summed E-state index contributed by atoms with van der Waals surface area (Å²) in [5, 5.41) is 57.6. The summed E-state index contributed by atoms with van der Waals surface area (Å²) in [5.41, 5.74) is 0. The van der Waals surface area contributed by atoms with Gasteiger partial charge in [0.2, 0.25) is 0 Å². The first kappa shape index (κ1) is 36.6. The predicted molar refractivity (Wildman–Crippen MR) is 145 cm³/mol. The molecule has 8 N–H and O–H groups in total. The molecule has 226 valence electrons. The highest BCUT2D eigenvalue weighted by Gasteiger charge is 2.37. The van der Waals surface area contributed by atoms with Gasteiger partial charge in [-0.3, -0.25) is 9.97 Å². The Bertz CT molecular complexity index is 822. The number of aromatic nitrogens is 2. The molecule has 0 aromatic carbocycles. The van der Waals surface area contributed by atoms with Crippen molar-refractivity contribution in [2.75, 3.05) is 40.4 Å². The molecule has 0 radical (unpaired) electrons. The lowest BCUT2D eigenvalue weighted by Crippen LogP contribution is -2.49. The molecule has 14 nitrogen and oxygen atoms in total. The second-order valence-corrected chi connectivity index (χ2v) is 8.24. The van der Waals surface area contributed by atoms with E-state index in [0.717, 1.165) is 63.5 Å². The van der Waals surface area contributed by atoms with Crippen LogP contribution in [0.3, 0.4) is 0 Å². The third kappa shape index (κ3) is 18.0. The maximum Gasteiger partial charge on any atom is 0.335 e. The van der Waals surface area contributed by atoms with Gasteiger partial charge in [0.1, 0.15) is 23.7 Å². The standard InChI is InChI=1S/2C10H16N2O.C6H10O8/c2*1-11-6-2-3-8-13-10-5-4-7-12-9-10;7-1(3(9)5(11)12)2(8)4(10)6(13)14/h2*4-5,7,9,11H,2-3,6,8H2,1H3;1-4,7-10H,(H,11,12)(H,13,14)/t;;1-,2+,3+,4-. The smallest absolute Gasteiger partial charge is 0.335 e. The zero-order valence-electron chi connectivity index (χ0n) is 22.8. The topological polar surface area (TPSA) is 224 Å². The molecule has 2 rings (SSSR count). The molecular weight excluding hydrogens is 528 g/mol. The van der Waals surface area contributed by atoms with Crippen molar-refractivity contribution >= 4 is 11.9 Å². The molecule has 0 unspecified atom stereocenters. The van der Waals surface area contributed by atoms with E-state index in [4.69, 9.17) is 40.1 Å². The highest BCUT2D eigenvalue weighted by molar-refractivity contribution is 5.75. The van der Waals surface area contributed by atoms with Crippen LogP contribution in [0.15, 0.2) is 49.1 Å². The highest BCUT2D eigenvalue weighted by Crippen LogP contribution is 2.08. The predicted octanol–water partition coefficient (Wildman–Crippen LogP) is -0.481. The number of aliphatic carboxylic acids is 2. The van der Waals surface area contributed by atoms with Crippen LogP contribution in [0, 0.1) is 0 Å². The van der Waals surface area contributed by atoms with Crippen molar-refractivity contribution in [2.24, 2.45) is 0 Å². The molecule has 0 fully saturated rings. The summed E-state index contributed by atoms with van der Waals surface area (Å²) in [6.07, 6.45) is 2.13. The Kier molecular flexibility index (Phi) is 21.5. The quantitative estimate of drug-likeness (QED) is 0.113. The van der Waals surface area contributed by atoms with Crippen LogP contribution in [0.5, 0.6) is 11.5 Å². The Balaban J connectivity index is 0.000000571. The Labute approximate surface area is 233 Å². The van der Waals surface area contributed by atoms with Crippen LogP contribution in [0.25, 0.3) is 0 Å². The van der Waals surface area contributed by atoms with E-state index in [1.807, 2.05) is 38.4 Å². The van der Waals surface area contributed by atoms with Gasteiger partial charge in [-0.15, -0.1) is 0 Å². The molecule has 0 amide bonds. The van der Waals surface area contributed by atoms with Gasteiger partial charge < -0.3 is 50.7 Å². The molecule has 0 bridgehead atoms.